The largest absolute Gasteiger partial charge is 0.412 e. The monoisotopic (exact) mass is 266 g/mol. The molecule has 0 amide bonds. The third kappa shape index (κ3) is 2.87. The lowest BCUT2D eigenvalue weighted by Crippen LogP contribution is -2.43. The van der Waals surface area contributed by atoms with E-state index in [2.05, 4.69) is 12.2 Å². The first-order valence-corrected chi connectivity index (χ1v) is 6.31. The summed E-state index contributed by atoms with van der Waals surface area (Å²) in [6, 6.07) is 0. The normalized spacial score (nSPS) is 17.7. The summed E-state index contributed by atoms with van der Waals surface area (Å²) in [6.45, 7) is -0.669. The van der Waals surface area contributed by atoms with Crippen LogP contribution >= 0.6 is 0 Å². The molecule has 2 rings (SSSR count). The van der Waals surface area contributed by atoms with Gasteiger partial charge in [0.25, 0.3) is 0 Å². The van der Waals surface area contributed by atoms with Crippen molar-refractivity contribution in [2.45, 2.75) is 12.8 Å². The first kappa shape index (κ1) is 15.9. The summed E-state index contributed by atoms with van der Waals surface area (Å²) in [5.74, 6) is -0.0949. The van der Waals surface area contributed by atoms with Gasteiger partial charge in [0.05, 0.1) is 19.8 Å². The standard InChI is InChI=1S/C15H20O3.H2O/c16-9-15(10-17,11-18)14(12-5-1-2-6-12)13-7-3-4-8-13;/h1-5,7,14,16-18H,6,8-11H2;1H2. The van der Waals surface area contributed by atoms with Crippen LogP contribution in [0.25, 0.3) is 0 Å². The van der Waals surface area contributed by atoms with Gasteiger partial charge in [-0.05, 0) is 12.8 Å². The van der Waals surface area contributed by atoms with E-state index in [-0.39, 0.29) is 31.2 Å². The highest BCUT2D eigenvalue weighted by Crippen LogP contribution is 2.43. The van der Waals surface area contributed by atoms with Crippen LogP contribution in [0.5, 0.6) is 0 Å². The third-order valence-corrected chi connectivity index (χ3v) is 3.90. The van der Waals surface area contributed by atoms with Gasteiger partial charge in [-0.15, -0.1) is 0 Å². The highest BCUT2D eigenvalue weighted by atomic mass is 16.3. The predicted molar refractivity (Wildman–Crippen MR) is 74.5 cm³/mol. The lowest BCUT2D eigenvalue weighted by molar-refractivity contribution is -0.0189. The summed E-state index contributed by atoms with van der Waals surface area (Å²) in [7, 11) is 0. The zero-order chi connectivity index (χ0) is 13.0. The molecule has 0 aromatic rings. The van der Waals surface area contributed by atoms with Crippen molar-refractivity contribution in [3.8, 4) is 0 Å². The van der Waals surface area contributed by atoms with Crippen molar-refractivity contribution < 1.29 is 20.8 Å². The Bertz CT molecular complexity index is 376. The molecule has 0 spiro atoms. The van der Waals surface area contributed by atoms with Gasteiger partial charge in [-0.1, -0.05) is 47.6 Å². The van der Waals surface area contributed by atoms with E-state index in [1.165, 1.54) is 0 Å². The summed E-state index contributed by atoms with van der Waals surface area (Å²) < 4.78 is 0. The molecule has 2 aliphatic carbocycles. The fourth-order valence-corrected chi connectivity index (χ4v) is 2.80. The van der Waals surface area contributed by atoms with Crippen LogP contribution in [0, 0.1) is 11.3 Å². The lowest BCUT2D eigenvalue weighted by atomic mass is 9.68. The van der Waals surface area contributed by atoms with Gasteiger partial charge in [-0.3, -0.25) is 0 Å². The Morgan fingerprint density at radius 1 is 0.895 bits per heavy atom. The van der Waals surface area contributed by atoms with Gasteiger partial charge in [-0.2, -0.15) is 0 Å². The maximum atomic E-state index is 9.65. The fourth-order valence-electron chi connectivity index (χ4n) is 2.80. The first-order chi connectivity index (χ1) is 8.77. The Kier molecular flexibility index (Phi) is 5.69. The maximum absolute atomic E-state index is 9.65. The minimum Gasteiger partial charge on any atom is -0.412 e. The van der Waals surface area contributed by atoms with Crippen molar-refractivity contribution in [1.82, 2.24) is 0 Å². The summed E-state index contributed by atoms with van der Waals surface area (Å²) >= 11 is 0. The molecule has 0 aliphatic heterocycles. The number of aliphatic hydroxyl groups excluding tert-OH is 3. The molecule has 4 nitrogen and oxygen atoms in total. The highest BCUT2D eigenvalue weighted by Gasteiger charge is 2.41. The molecule has 0 aromatic carbocycles. The average molecular weight is 266 g/mol. The molecular weight excluding hydrogens is 244 g/mol. The van der Waals surface area contributed by atoms with Gasteiger partial charge in [0.2, 0.25) is 0 Å². The van der Waals surface area contributed by atoms with Gasteiger partial charge in [-0.25, -0.2) is 0 Å². The van der Waals surface area contributed by atoms with Gasteiger partial charge < -0.3 is 20.8 Å². The highest BCUT2D eigenvalue weighted by molar-refractivity contribution is 5.38. The van der Waals surface area contributed by atoms with E-state index in [0.29, 0.717) is 0 Å². The topological polar surface area (TPSA) is 92.2 Å². The Balaban J connectivity index is 0.00000180. The van der Waals surface area contributed by atoms with Gasteiger partial charge in [0.15, 0.2) is 0 Å². The molecule has 2 aliphatic rings. The van der Waals surface area contributed by atoms with Crippen LogP contribution in [0.2, 0.25) is 0 Å². The van der Waals surface area contributed by atoms with E-state index < -0.39 is 5.41 Å². The number of hydrogen-bond acceptors (Lipinski definition) is 3. The van der Waals surface area contributed by atoms with Crippen LogP contribution < -0.4 is 0 Å². The predicted octanol–water partition coefficient (Wildman–Crippen LogP) is 0.514. The molecule has 0 fully saturated rings. The molecule has 19 heavy (non-hydrogen) atoms. The second kappa shape index (κ2) is 6.82. The van der Waals surface area contributed by atoms with E-state index in [0.717, 1.165) is 24.0 Å². The molecule has 0 bridgehead atoms. The SMILES string of the molecule is O.OCC(CO)(CO)C(C1=CC=CC1)C1=CC=CC1. The molecule has 0 aromatic heterocycles. The van der Waals surface area contributed by atoms with Crippen LogP contribution in [0.1, 0.15) is 12.8 Å². The second-order valence-corrected chi connectivity index (χ2v) is 5.02. The number of hydrogen-bond donors (Lipinski definition) is 3. The zero-order valence-corrected chi connectivity index (χ0v) is 10.9. The minimum absolute atomic E-state index is 0. The zero-order valence-electron chi connectivity index (χ0n) is 10.9. The quantitative estimate of drug-likeness (QED) is 0.654. The first-order valence-electron chi connectivity index (χ1n) is 6.31. The van der Waals surface area contributed by atoms with Crippen molar-refractivity contribution in [2.75, 3.05) is 19.8 Å². The van der Waals surface area contributed by atoms with E-state index in [9.17, 15) is 15.3 Å². The van der Waals surface area contributed by atoms with Gasteiger partial charge in [0, 0.05) is 11.3 Å². The maximum Gasteiger partial charge on any atom is 0.0540 e. The molecule has 0 heterocycles. The van der Waals surface area contributed by atoms with Crippen molar-refractivity contribution in [1.29, 1.82) is 0 Å². The molecule has 0 saturated heterocycles. The van der Waals surface area contributed by atoms with Gasteiger partial charge >= 0.3 is 0 Å². The molecule has 4 heteroatoms. The Hall–Kier alpha value is -1.20. The van der Waals surface area contributed by atoms with Gasteiger partial charge in [0.1, 0.15) is 0 Å². The molecule has 5 N–H and O–H groups in total. The van der Waals surface area contributed by atoms with Crippen molar-refractivity contribution >= 4 is 0 Å². The van der Waals surface area contributed by atoms with Crippen LogP contribution in [0.3, 0.4) is 0 Å². The smallest absolute Gasteiger partial charge is 0.0540 e. The summed E-state index contributed by atoms with van der Waals surface area (Å²) in [5.41, 5.74) is 1.43. The second-order valence-electron chi connectivity index (χ2n) is 5.02. The molecule has 0 radical (unpaired) electrons. The Morgan fingerprint density at radius 3 is 1.58 bits per heavy atom. The van der Waals surface area contributed by atoms with Crippen molar-refractivity contribution in [3.63, 3.8) is 0 Å². The summed E-state index contributed by atoms with van der Waals surface area (Å²) in [4.78, 5) is 0. The van der Waals surface area contributed by atoms with Crippen LogP contribution in [0.4, 0.5) is 0 Å². The summed E-state index contributed by atoms with van der Waals surface area (Å²) in [5, 5.41) is 29.0. The number of aliphatic hydroxyl groups is 3. The molecule has 0 unspecified atom stereocenters. The van der Waals surface area contributed by atoms with Crippen molar-refractivity contribution in [3.05, 3.63) is 47.6 Å². The van der Waals surface area contributed by atoms with E-state index in [4.69, 9.17) is 0 Å². The third-order valence-electron chi connectivity index (χ3n) is 3.90. The van der Waals surface area contributed by atoms with Crippen LogP contribution in [-0.4, -0.2) is 40.6 Å². The van der Waals surface area contributed by atoms with E-state index in [1.807, 2.05) is 24.3 Å². The minimum atomic E-state index is -0.879. The molecule has 0 saturated carbocycles. The Labute approximate surface area is 113 Å². The van der Waals surface area contributed by atoms with Crippen molar-refractivity contribution in [2.24, 2.45) is 11.3 Å². The fraction of sp³-hybridized carbons (Fsp3) is 0.467. The molecule has 0 atom stereocenters. The van der Waals surface area contributed by atoms with Crippen LogP contribution in [-0.2, 0) is 0 Å². The molecule has 106 valence electrons. The average Bonchev–Trinajstić information content (AvgIpc) is 3.09. The van der Waals surface area contributed by atoms with Crippen LogP contribution in [0.15, 0.2) is 47.6 Å². The number of rotatable bonds is 6. The number of allylic oxidation sites excluding steroid dienone is 8. The van der Waals surface area contributed by atoms with E-state index >= 15 is 0 Å². The lowest BCUT2D eigenvalue weighted by Gasteiger charge is -2.38. The van der Waals surface area contributed by atoms with E-state index in [1.54, 1.807) is 0 Å². The molecular formula is C15H22O4. The Morgan fingerprint density at radius 2 is 1.32 bits per heavy atom. The summed E-state index contributed by atoms with van der Waals surface area (Å²) in [6.07, 6.45) is 13.8.